The minimum atomic E-state index is -1.07. The summed E-state index contributed by atoms with van der Waals surface area (Å²) in [7, 11) is 1.93. The summed E-state index contributed by atoms with van der Waals surface area (Å²) in [5.41, 5.74) is 1.73. The number of anilines is 1. The highest BCUT2D eigenvalue weighted by atomic mass is 16.4. The summed E-state index contributed by atoms with van der Waals surface area (Å²) in [5, 5.41) is 8.94. The van der Waals surface area contributed by atoms with Crippen LogP contribution in [-0.2, 0) is 0 Å². The first-order chi connectivity index (χ1) is 8.90. The molecule has 2 heterocycles. The molecule has 0 saturated carbocycles. The van der Waals surface area contributed by atoms with Crippen molar-refractivity contribution in [1.29, 1.82) is 0 Å². The Kier molecular flexibility index (Phi) is 3.33. The summed E-state index contributed by atoms with van der Waals surface area (Å²) in [6, 6.07) is 3.34. The molecule has 6 heteroatoms. The molecule has 0 unspecified atom stereocenters. The maximum absolute atomic E-state index is 10.9. The Balaban J connectivity index is 2.61. The van der Waals surface area contributed by atoms with Crippen molar-refractivity contribution in [3.8, 4) is 0 Å². The number of hydrogen-bond acceptors (Lipinski definition) is 5. The van der Waals surface area contributed by atoms with E-state index in [4.69, 9.17) is 5.11 Å². The quantitative estimate of drug-likeness (QED) is 0.907. The van der Waals surface area contributed by atoms with Crippen LogP contribution >= 0.6 is 0 Å². The van der Waals surface area contributed by atoms with Gasteiger partial charge in [-0.3, -0.25) is 0 Å². The molecule has 1 N–H and O–H groups in total. The highest BCUT2D eigenvalue weighted by molar-refractivity contribution is 5.88. The molecular formula is C13H16N4O2. The fraction of sp³-hybridized carbons (Fsp3) is 0.385. The van der Waals surface area contributed by atoms with Gasteiger partial charge in [0, 0.05) is 13.1 Å². The number of pyridine rings is 1. The number of hydrogen-bond donors (Lipinski definition) is 1. The van der Waals surface area contributed by atoms with Gasteiger partial charge in [0.2, 0.25) is 0 Å². The first-order valence-electron chi connectivity index (χ1n) is 6.01. The highest BCUT2D eigenvalue weighted by Gasteiger charge is 2.14. The topological polar surface area (TPSA) is 79.2 Å². The third-order valence-electron chi connectivity index (χ3n) is 3.01. The van der Waals surface area contributed by atoms with E-state index in [1.54, 1.807) is 6.07 Å². The van der Waals surface area contributed by atoms with E-state index in [0.717, 1.165) is 11.5 Å². The van der Waals surface area contributed by atoms with Crippen LogP contribution in [-0.4, -0.2) is 39.1 Å². The second-order valence-electron chi connectivity index (χ2n) is 4.68. The van der Waals surface area contributed by atoms with Crippen LogP contribution in [0.2, 0.25) is 0 Å². The van der Waals surface area contributed by atoms with Crippen LogP contribution in [0.3, 0.4) is 0 Å². The van der Waals surface area contributed by atoms with E-state index < -0.39 is 5.97 Å². The number of aromatic carboxylic acids is 1. The van der Waals surface area contributed by atoms with Gasteiger partial charge in [-0.15, -0.1) is 0 Å². The van der Waals surface area contributed by atoms with E-state index in [1.807, 2.05) is 32.7 Å². The maximum atomic E-state index is 10.9. The average molecular weight is 260 g/mol. The van der Waals surface area contributed by atoms with Crippen molar-refractivity contribution in [3.05, 3.63) is 23.5 Å². The molecule has 0 amide bonds. The third-order valence-corrected chi connectivity index (χ3v) is 3.01. The van der Waals surface area contributed by atoms with Crippen LogP contribution < -0.4 is 4.90 Å². The number of aryl methyl sites for hydroxylation is 1. The third kappa shape index (κ3) is 2.47. The highest BCUT2D eigenvalue weighted by Crippen LogP contribution is 2.19. The number of fused-ring (bicyclic) bond motifs is 1. The molecule has 0 atom stereocenters. The Bertz CT molecular complexity index is 640. The molecule has 0 saturated heterocycles. The molecule has 0 aromatic carbocycles. The monoisotopic (exact) mass is 260 g/mol. The molecule has 0 aliphatic carbocycles. The zero-order valence-electron chi connectivity index (χ0n) is 11.4. The standard InChI is InChI=1S/C13H16N4O2/c1-7(2)17(4)12-8(3)14-9-5-6-10(13(18)19)15-11(9)16-12/h5-7H,1-4H3,(H,18,19). The van der Waals surface area contributed by atoms with Gasteiger partial charge >= 0.3 is 5.97 Å². The van der Waals surface area contributed by atoms with Crippen molar-refractivity contribution in [2.24, 2.45) is 0 Å². The van der Waals surface area contributed by atoms with Crippen molar-refractivity contribution >= 4 is 23.0 Å². The zero-order valence-corrected chi connectivity index (χ0v) is 11.4. The molecule has 0 spiro atoms. The van der Waals surface area contributed by atoms with Gasteiger partial charge in [0.1, 0.15) is 5.52 Å². The van der Waals surface area contributed by atoms with E-state index >= 15 is 0 Å². The van der Waals surface area contributed by atoms with Gasteiger partial charge < -0.3 is 10.0 Å². The van der Waals surface area contributed by atoms with E-state index in [1.165, 1.54) is 6.07 Å². The average Bonchev–Trinajstić information content (AvgIpc) is 2.36. The summed E-state index contributed by atoms with van der Waals surface area (Å²) in [5.74, 6) is -0.347. The van der Waals surface area contributed by atoms with E-state index in [-0.39, 0.29) is 11.7 Å². The summed E-state index contributed by atoms with van der Waals surface area (Å²) in [4.78, 5) is 25.8. The predicted molar refractivity (Wildman–Crippen MR) is 72.6 cm³/mol. The van der Waals surface area contributed by atoms with Crippen molar-refractivity contribution in [2.75, 3.05) is 11.9 Å². The maximum Gasteiger partial charge on any atom is 0.354 e. The number of carboxylic acid groups (broad SMARTS) is 1. The predicted octanol–water partition coefficient (Wildman–Crippen LogP) is 1.88. The molecular weight excluding hydrogens is 244 g/mol. The fourth-order valence-corrected chi connectivity index (χ4v) is 1.72. The molecule has 0 aliphatic rings. The summed E-state index contributed by atoms with van der Waals surface area (Å²) >= 11 is 0. The minimum Gasteiger partial charge on any atom is -0.477 e. The molecule has 0 radical (unpaired) electrons. The lowest BCUT2D eigenvalue weighted by Crippen LogP contribution is -2.27. The molecule has 0 fully saturated rings. The number of aromatic nitrogens is 3. The van der Waals surface area contributed by atoms with Crippen LogP contribution in [0.5, 0.6) is 0 Å². The van der Waals surface area contributed by atoms with Gasteiger partial charge in [-0.25, -0.2) is 19.7 Å². The second-order valence-corrected chi connectivity index (χ2v) is 4.68. The number of nitrogens with zero attached hydrogens (tertiary/aromatic N) is 4. The lowest BCUT2D eigenvalue weighted by Gasteiger charge is -2.23. The van der Waals surface area contributed by atoms with Gasteiger partial charge in [0.15, 0.2) is 17.2 Å². The van der Waals surface area contributed by atoms with E-state index in [2.05, 4.69) is 15.0 Å². The largest absolute Gasteiger partial charge is 0.477 e. The summed E-state index contributed by atoms with van der Waals surface area (Å²) in [6.07, 6.45) is 0. The molecule has 2 aromatic rings. The Morgan fingerprint density at radius 2 is 1.95 bits per heavy atom. The number of rotatable bonds is 3. The first-order valence-corrected chi connectivity index (χ1v) is 6.01. The van der Waals surface area contributed by atoms with E-state index in [0.29, 0.717) is 11.2 Å². The fourth-order valence-electron chi connectivity index (χ4n) is 1.72. The summed E-state index contributed by atoms with van der Waals surface area (Å²) < 4.78 is 0. The van der Waals surface area contributed by atoms with Gasteiger partial charge in [0.25, 0.3) is 0 Å². The van der Waals surface area contributed by atoms with Crippen molar-refractivity contribution in [2.45, 2.75) is 26.8 Å². The Morgan fingerprint density at radius 1 is 1.26 bits per heavy atom. The molecule has 2 rings (SSSR count). The van der Waals surface area contributed by atoms with Crippen LogP contribution in [0.15, 0.2) is 12.1 Å². The second kappa shape index (κ2) is 4.79. The molecule has 19 heavy (non-hydrogen) atoms. The number of carbonyl (C=O) groups is 1. The van der Waals surface area contributed by atoms with Gasteiger partial charge in [-0.1, -0.05) is 0 Å². The molecule has 0 aliphatic heterocycles. The lowest BCUT2D eigenvalue weighted by atomic mass is 10.3. The normalized spacial score (nSPS) is 11.0. The Labute approximate surface area is 111 Å². The SMILES string of the molecule is Cc1nc2ccc(C(=O)O)nc2nc1N(C)C(C)C. The first kappa shape index (κ1) is 13.2. The van der Waals surface area contributed by atoms with Crippen molar-refractivity contribution in [1.82, 2.24) is 15.0 Å². The van der Waals surface area contributed by atoms with E-state index in [9.17, 15) is 4.79 Å². The van der Waals surface area contributed by atoms with Crippen LogP contribution in [0.25, 0.3) is 11.2 Å². The van der Waals surface area contributed by atoms with Crippen LogP contribution in [0, 0.1) is 6.92 Å². The lowest BCUT2D eigenvalue weighted by molar-refractivity contribution is 0.0691. The van der Waals surface area contributed by atoms with Crippen molar-refractivity contribution in [3.63, 3.8) is 0 Å². The van der Waals surface area contributed by atoms with Crippen LogP contribution in [0.4, 0.5) is 5.82 Å². The molecule has 6 nitrogen and oxygen atoms in total. The number of carboxylic acids is 1. The summed E-state index contributed by atoms with van der Waals surface area (Å²) in [6.45, 7) is 5.98. The molecule has 0 bridgehead atoms. The smallest absolute Gasteiger partial charge is 0.354 e. The molecule has 100 valence electrons. The van der Waals surface area contributed by atoms with Gasteiger partial charge in [-0.2, -0.15) is 0 Å². The molecule has 2 aromatic heterocycles. The Morgan fingerprint density at radius 3 is 2.53 bits per heavy atom. The van der Waals surface area contributed by atoms with Crippen LogP contribution in [0.1, 0.15) is 30.0 Å². The van der Waals surface area contributed by atoms with Gasteiger partial charge in [0.05, 0.1) is 5.69 Å². The Hall–Kier alpha value is -2.24. The van der Waals surface area contributed by atoms with Crippen molar-refractivity contribution < 1.29 is 9.90 Å². The minimum absolute atomic E-state index is 0.0243. The van der Waals surface area contributed by atoms with Gasteiger partial charge in [-0.05, 0) is 32.9 Å². The zero-order chi connectivity index (χ0) is 14.2.